The van der Waals surface area contributed by atoms with Crippen molar-refractivity contribution in [3.05, 3.63) is 70.8 Å². The molecule has 1 aliphatic rings. The van der Waals surface area contributed by atoms with Crippen LogP contribution in [-0.2, 0) is 17.4 Å². The fourth-order valence-corrected chi connectivity index (χ4v) is 2.79. The van der Waals surface area contributed by atoms with Crippen LogP contribution >= 0.6 is 0 Å². The minimum Gasteiger partial charge on any atom is -0.293 e. The summed E-state index contributed by atoms with van der Waals surface area (Å²) < 4.78 is 38.3. The molecular formula is C18H11F3O3. The summed E-state index contributed by atoms with van der Waals surface area (Å²) in [5, 5.41) is 0. The number of carbonyl (C=O) groups excluding carboxylic acids is 3. The van der Waals surface area contributed by atoms with E-state index in [4.69, 9.17) is 0 Å². The Hall–Kier alpha value is -2.76. The molecule has 1 unspecified atom stereocenters. The van der Waals surface area contributed by atoms with E-state index >= 15 is 0 Å². The van der Waals surface area contributed by atoms with Crippen LogP contribution in [-0.4, -0.2) is 17.3 Å². The largest absolute Gasteiger partial charge is 0.416 e. The van der Waals surface area contributed by atoms with E-state index in [1.165, 1.54) is 24.3 Å². The Kier molecular flexibility index (Phi) is 3.83. The molecule has 0 aromatic heterocycles. The average molecular weight is 332 g/mol. The summed E-state index contributed by atoms with van der Waals surface area (Å²) in [4.78, 5) is 36.8. The molecule has 0 aliphatic heterocycles. The summed E-state index contributed by atoms with van der Waals surface area (Å²) in [5.41, 5.74) is -0.488. The predicted molar refractivity (Wildman–Crippen MR) is 78.7 cm³/mol. The standard InChI is InChI=1S/C18H11F3O3/c19-18(20,21)11-5-3-4-10(8-11)9-14-15(22)12-6-1-2-7-13(12)16(23)17(14)24/h1-8,14H,9H2. The molecule has 24 heavy (non-hydrogen) atoms. The third kappa shape index (κ3) is 2.75. The van der Waals surface area contributed by atoms with Crippen molar-refractivity contribution in [1.29, 1.82) is 0 Å². The normalized spacial score (nSPS) is 17.8. The third-order valence-electron chi connectivity index (χ3n) is 3.99. The summed E-state index contributed by atoms with van der Waals surface area (Å²) in [5.74, 6) is -3.47. The van der Waals surface area contributed by atoms with Crippen molar-refractivity contribution < 1.29 is 27.6 Å². The van der Waals surface area contributed by atoms with Crippen LogP contribution in [0.1, 0.15) is 31.8 Å². The molecule has 1 atom stereocenters. The average Bonchev–Trinajstić information content (AvgIpc) is 2.56. The molecule has 2 aromatic carbocycles. The maximum Gasteiger partial charge on any atom is 0.416 e. The van der Waals surface area contributed by atoms with Gasteiger partial charge in [0.05, 0.1) is 11.5 Å². The van der Waals surface area contributed by atoms with E-state index in [0.29, 0.717) is 0 Å². The van der Waals surface area contributed by atoms with Gasteiger partial charge < -0.3 is 0 Å². The lowest BCUT2D eigenvalue weighted by molar-refractivity contribution is -0.137. The first-order chi connectivity index (χ1) is 11.3. The number of carbonyl (C=O) groups is 3. The Morgan fingerprint density at radius 3 is 2.17 bits per heavy atom. The van der Waals surface area contributed by atoms with Crippen LogP contribution in [0.25, 0.3) is 0 Å². The Morgan fingerprint density at radius 2 is 1.50 bits per heavy atom. The zero-order valence-electron chi connectivity index (χ0n) is 12.3. The van der Waals surface area contributed by atoms with Crippen molar-refractivity contribution in [2.45, 2.75) is 12.6 Å². The molecule has 0 fully saturated rings. The fourth-order valence-electron chi connectivity index (χ4n) is 2.79. The van der Waals surface area contributed by atoms with Crippen LogP contribution in [0.4, 0.5) is 13.2 Å². The lowest BCUT2D eigenvalue weighted by Crippen LogP contribution is -2.38. The van der Waals surface area contributed by atoms with Crippen molar-refractivity contribution in [2.24, 2.45) is 5.92 Å². The highest BCUT2D eigenvalue weighted by atomic mass is 19.4. The van der Waals surface area contributed by atoms with Gasteiger partial charge >= 0.3 is 6.18 Å². The zero-order valence-corrected chi connectivity index (χ0v) is 12.3. The first-order valence-electron chi connectivity index (χ1n) is 7.17. The van der Waals surface area contributed by atoms with Gasteiger partial charge in [0.25, 0.3) is 0 Å². The Labute approximate surface area is 135 Å². The lowest BCUT2D eigenvalue weighted by Gasteiger charge is -2.21. The maximum atomic E-state index is 12.8. The summed E-state index contributed by atoms with van der Waals surface area (Å²) in [6.07, 6.45) is -4.75. The van der Waals surface area contributed by atoms with Crippen molar-refractivity contribution in [1.82, 2.24) is 0 Å². The van der Waals surface area contributed by atoms with Gasteiger partial charge in [0.15, 0.2) is 5.78 Å². The van der Waals surface area contributed by atoms with E-state index in [-0.39, 0.29) is 23.1 Å². The molecule has 0 heterocycles. The van der Waals surface area contributed by atoms with Crippen molar-refractivity contribution >= 4 is 17.3 Å². The van der Waals surface area contributed by atoms with Crippen LogP contribution in [0.3, 0.4) is 0 Å². The van der Waals surface area contributed by atoms with E-state index in [2.05, 4.69) is 0 Å². The molecule has 0 saturated heterocycles. The Morgan fingerprint density at radius 1 is 0.833 bits per heavy atom. The monoisotopic (exact) mass is 332 g/mol. The SMILES string of the molecule is O=C1C(=O)C(Cc2cccc(C(F)(F)F)c2)C(=O)c2ccccc21. The van der Waals surface area contributed by atoms with Gasteiger partial charge in [-0.25, -0.2) is 0 Å². The van der Waals surface area contributed by atoms with Gasteiger partial charge in [0.2, 0.25) is 11.6 Å². The van der Waals surface area contributed by atoms with E-state index in [1.807, 2.05) is 0 Å². The number of hydrogen-bond donors (Lipinski definition) is 0. The smallest absolute Gasteiger partial charge is 0.293 e. The first-order valence-corrected chi connectivity index (χ1v) is 7.17. The molecule has 3 rings (SSSR count). The summed E-state index contributed by atoms with van der Waals surface area (Å²) in [6, 6.07) is 10.4. The van der Waals surface area contributed by atoms with Crippen molar-refractivity contribution in [2.75, 3.05) is 0 Å². The fraction of sp³-hybridized carbons (Fsp3) is 0.167. The highest BCUT2D eigenvalue weighted by molar-refractivity contribution is 6.51. The second-order valence-electron chi connectivity index (χ2n) is 5.56. The van der Waals surface area contributed by atoms with Crippen LogP contribution in [0.2, 0.25) is 0 Å². The molecule has 0 spiro atoms. The lowest BCUT2D eigenvalue weighted by atomic mass is 9.78. The van der Waals surface area contributed by atoms with Crippen molar-refractivity contribution in [3.8, 4) is 0 Å². The molecule has 0 N–H and O–H groups in total. The van der Waals surface area contributed by atoms with Gasteiger partial charge in [-0.2, -0.15) is 13.2 Å². The van der Waals surface area contributed by atoms with Gasteiger partial charge in [-0.15, -0.1) is 0 Å². The van der Waals surface area contributed by atoms with Crippen molar-refractivity contribution in [3.63, 3.8) is 0 Å². The predicted octanol–water partition coefficient (Wildman–Crippen LogP) is 3.51. The molecule has 0 saturated carbocycles. The number of halogens is 3. The summed E-state index contributed by atoms with van der Waals surface area (Å²) >= 11 is 0. The molecule has 0 amide bonds. The molecule has 1 aliphatic carbocycles. The van der Waals surface area contributed by atoms with E-state index in [0.717, 1.165) is 12.1 Å². The Bertz CT molecular complexity index is 853. The van der Waals surface area contributed by atoms with Crippen LogP contribution < -0.4 is 0 Å². The highest BCUT2D eigenvalue weighted by Crippen LogP contribution is 2.31. The summed E-state index contributed by atoms with van der Waals surface area (Å²) in [6.45, 7) is 0. The van der Waals surface area contributed by atoms with E-state index < -0.39 is 35.0 Å². The quantitative estimate of drug-likeness (QED) is 0.625. The molecule has 2 aromatic rings. The van der Waals surface area contributed by atoms with Gasteiger partial charge in [0.1, 0.15) is 0 Å². The van der Waals surface area contributed by atoms with E-state index in [1.54, 1.807) is 12.1 Å². The third-order valence-corrected chi connectivity index (χ3v) is 3.99. The second-order valence-corrected chi connectivity index (χ2v) is 5.56. The second kappa shape index (κ2) is 5.70. The number of alkyl halides is 3. The molecule has 0 bridgehead atoms. The molecular weight excluding hydrogens is 321 g/mol. The maximum absolute atomic E-state index is 12.8. The number of benzene rings is 2. The number of ketones is 3. The highest BCUT2D eigenvalue weighted by Gasteiger charge is 2.40. The minimum atomic E-state index is -4.51. The van der Waals surface area contributed by atoms with E-state index in [9.17, 15) is 27.6 Å². The number of fused-ring (bicyclic) bond motifs is 1. The molecule has 0 radical (unpaired) electrons. The zero-order chi connectivity index (χ0) is 17.5. The van der Waals surface area contributed by atoms with Gasteiger partial charge in [0, 0.05) is 11.1 Å². The van der Waals surface area contributed by atoms with Crippen LogP contribution in [0.5, 0.6) is 0 Å². The molecule has 6 heteroatoms. The topological polar surface area (TPSA) is 51.2 Å². The Balaban J connectivity index is 1.95. The molecule has 3 nitrogen and oxygen atoms in total. The number of Topliss-reactive ketones (excluding diaryl/α,β-unsaturated/α-hetero) is 3. The number of hydrogen-bond acceptors (Lipinski definition) is 3. The van der Waals surface area contributed by atoms with Crippen LogP contribution in [0.15, 0.2) is 48.5 Å². The summed E-state index contributed by atoms with van der Waals surface area (Å²) in [7, 11) is 0. The number of rotatable bonds is 2. The molecule has 122 valence electrons. The van der Waals surface area contributed by atoms with Gasteiger partial charge in [-0.1, -0.05) is 42.5 Å². The van der Waals surface area contributed by atoms with Gasteiger partial charge in [-0.05, 0) is 18.1 Å². The van der Waals surface area contributed by atoms with Gasteiger partial charge in [-0.3, -0.25) is 14.4 Å². The first kappa shape index (κ1) is 16.1. The minimum absolute atomic E-state index is 0.0489. The van der Waals surface area contributed by atoms with Crippen LogP contribution in [0, 0.1) is 5.92 Å².